The maximum atomic E-state index is 12.9. The maximum Gasteiger partial charge on any atom is 0.311 e. The van der Waals surface area contributed by atoms with Crippen LogP contribution in [0.25, 0.3) is 0 Å². The van der Waals surface area contributed by atoms with Gasteiger partial charge in [0, 0.05) is 37.7 Å². The molecule has 190 valence electrons. The summed E-state index contributed by atoms with van der Waals surface area (Å²) in [4.78, 5) is 48.1. The minimum atomic E-state index is -1.21. The van der Waals surface area contributed by atoms with E-state index in [2.05, 4.69) is 30.8 Å². The molecule has 4 aromatic heterocycles. The van der Waals surface area contributed by atoms with E-state index in [0.29, 0.717) is 30.0 Å². The van der Waals surface area contributed by atoms with Crippen molar-refractivity contribution in [1.29, 1.82) is 0 Å². The third kappa shape index (κ3) is 4.92. The molecule has 1 saturated heterocycles. The van der Waals surface area contributed by atoms with Gasteiger partial charge in [-0.25, -0.2) is 24.8 Å². The number of aromatic nitrogens is 4. The van der Waals surface area contributed by atoms with Crippen molar-refractivity contribution in [3.05, 3.63) is 78.0 Å². The largest absolute Gasteiger partial charge is 0.481 e. The topological polar surface area (TPSA) is 116 Å². The third-order valence-corrected chi connectivity index (χ3v) is 7.08. The number of aliphatic carboxylic acids is 1. The molecule has 1 unspecified atom stereocenters. The van der Waals surface area contributed by atoms with Crippen LogP contribution in [0.2, 0.25) is 0 Å². The first-order valence-electron chi connectivity index (χ1n) is 11.8. The standard InChI is InChI=1S/C27H24N7O3P/c1-3-33(27-30-12-13-38-27)26-25(20(35)15-24(36)37)18(2)14-23(31-26)32-16-19(17-32)34(21-8-4-6-10-28-21)22-9-5-7-11-29-22/h1,4-14,19,38H,15-17H2,2H3,(H,36,37). The number of carboxylic acid groups (broad SMARTS) is 1. The molecule has 0 radical (unpaired) electrons. The summed E-state index contributed by atoms with van der Waals surface area (Å²) in [5.41, 5.74) is 1.36. The average molecular weight is 526 g/mol. The van der Waals surface area contributed by atoms with Crippen LogP contribution in [-0.2, 0) is 4.79 Å². The van der Waals surface area contributed by atoms with E-state index >= 15 is 0 Å². The molecule has 1 atom stereocenters. The van der Waals surface area contributed by atoms with Gasteiger partial charge in [0.25, 0.3) is 0 Å². The van der Waals surface area contributed by atoms with Crippen LogP contribution in [0, 0.1) is 19.4 Å². The Morgan fingerprint density at radius 2 is 1.79 bits per heavy atom. The Kier molecular flexibility index (Phi) is 7.03. The van der Waals surface area contributed by atoms with Crippen LogP contribution in [0.5, 0.6) is 0 Å². The van der Waals surface area contributed by atoms with Crippen molar-refractivity contribution in [2.45, 2.75) is 19.4 Å². The first kappa shape index (κ1) is 24.9. The number of terminal acetylenes is 1. The summed E-state index contributed by atoms with van der Waals surface area (Å²) in [6.45, 7) is 3.02. The predicted molar refractivity (Wildman–Crippen MR) is 147 cm³/mol. The number of ketones is 1. The van der Waals surface area contributed by atoms with Crippen LogP contribution in [0.15, 0.2) is 66.9 Å². The fraction of sp³-hybridized carbons (Fsp3) is 0.185. The van der Waals surface area contributed by atoms with Crippen molar-refractivity contribution in [1.82, 2.24) is 19.9 Å². The second-order valence-electron chi connectivity index (χ2n) is 8.67. The molecule has 0 amide bonds. The van der Waals surface area contributed by atoms with Crippen molar-refractivity contribution in [3.63, 3.8) is 0 Å². The van der Waals surface area contributed by atoms with E-state index in [0.717, 1.165) is 11.6 Å². The average Bonchev–Trinajstić information content (AvgIpc) is 3.41. The van der Waals surface area contributed by atoms with Crippen LogP contribution in [0.1, 0.15) is 22.3 Å². The fourth-order valence-corrected chi connectivity index (χ4v) is 5.17. The number of pyridine rings is 3. The summed E-state index contributed by atoms with van der Waals surface area (Å²) >= 11 is 0. The fourth-order valence-electron chi connectivity index (χ4n) is 4.42. The first-order valence-corrected chi connectivity index (χ1v) is 12.9. The Balaban J connectivity index is 1.48. The van der Waals surface area contributed by atoms with Crippen LogP contribution >= 0.6 is 8.19 Å². The van der Waals surface area contributed by atoms with Gasteiger partial charge in [-0.3, -0.25) is 9.59 Å². The Hall–Kier alpha value is -4.74. The molecule has 1 aliphatic heterocycles. The second-order valence-corrected chi connectivity index (χ2v) is 9.74. The third-order valence-electron chi connectivity index (χ3n) is 6.15. The van der Waals surface area contributed by atoms with Crippen molar-refractivity contribution >= 4 is 48.8 Å². The van der Waals surface area contributed by atoms with Gasteiger partial charge in [0.2, 0.25) is 0 Å². The number of carbonyl (C=O) groups excluding carboxylic acids is 1. The molecule has 4 aromatic rings. The van der Waals surface area contributed by atoms with E-state index in [1.54, 1.807) is 31.6 Å². The number of nitrogens with zero attached hydrogens (tertiary/aromatic N) is 7. The number of hydrogen-bond donors (Lipinski definition) is 1. The van der Waals surface area contributed by atoms with Gasteiger partial charge < -0.3 is 14.9 Å². The summed E-state index contributed by atoms with van der Waals surface area (Å²) in [6, 6.07) is 16.0. The smallest absolute Gasteiger partial charge is 0.311 e. The lowest BCUT2D eigenvalue weighted by Crippen LogP contribution is -2.59. The molecule has 1 N–H and O–H groups in total. The zero-order chi connectivity index (χ0) is 26.6. The Morgan fingerprint density at radius 3 is 2.32 bits per heavy atom. The molecule has 0 saturated carbocycles. The highest BCUT2D eigenvalue weighted by Crippen LogP contribution is 2.37. The van der Waals surface area contributed by atoms with Gasteiger partial charge in [-0.05, 0) is 48.6 Å². The SMILES string of the molecule is C#CN(c1ncc[pH]1)c1nc(N2CC(N(c3ccccn3)c3ccccn3)C2)cc(C)c1C(=O)CC(=O)O. The zero-order valence-corrected chi connectivity index (χ0v) is 21.5. The monoisotopic (exact) mass is 525 g/mol. The van der Waals surface area contributed by atoms with E-state index < -0.39 is 18.2 Å². The number of carbonyl (C=O) groups is 2. The van der Waals surface area contributed by atoms with Crippen LogP contribution in [0.3, 0.4) is 0 Å². The van der Waals surface area contributed by atoms with Crippen LogP contribution < -0.4 is 14.7 Å². The van der Waals surface area contributed by atoms with Gasteiger partial charge in [-0.2, -0.15) is 0 Å². The lowest BCUT2D eigenvalue weighted by Gasteiger charge is -2.46. The zero-order valence-electron chi connectivity index (χ0n) is 20.5. The van der Waals surface area contributed by atoms with Gasteiger partial charge >= 0.3 is 5.97 Å². The molecule has 11 heteroatoms. The maximum absolute atomic E-state index is 12.9. The van der Waals surface area contributed by atoms with E-state index in [9.17, 15) is 14.7 Å². The Bertz CT molecular complexity index is 1450. The van der Waals surface area contributed by atoms with Crippen molar-refractivity contribution in [3.8, 4) is 12.5 Å². The number of carboxylic acids is 1. The molecular formula is C27H24N7O3P. The Morgan fingerprint density at radius 1 is 1.11 bits per heavy atom. The predicted octanol–water partition coefficient (Wildman–Crippen LogP) is 4.02. The van der Waals surface area contributed by atoms with E-state index in [1.807, 2.05) is 42.2 Å². The summed E-state index contributed by atoms with van der Waals surface area (Å²) in [5.74, 6) is 2.54. The van der Waals surface area contributed by atoms with E-state index in [4.69, 9.17) is 11.4 Å². The molecule has 1 aliphatic rings. The van der Waals surface area contributed by atoms with Gasteiger partial charge in [-0.15, -0.1) is 0 Å². The van der Waals surface area contributed by atoms with Crippen molar-refractivity contribution in [2.75, 3.05) is 27.8 Å². The summed E-state index contributed by atoms with van der Waals surface area (Å²) in [7, 11) is 0.212. The summed E-state index contributed by atoms with van der Waals surface area (Å²) < 4.78 is 0. The second kappa shape index (κ2) is 10.7. The molecule has 5 rings (SSSR count). The summed E-state index contributed by atoms with van der Waals surface area (Å²) in [6.07, 6.45) is 10.3. The van der Waals surface area contributed by atoms with Crippen LogP contribution in [0.4, 0.5) is 28.8 Å². The number of aryl methyl sites for hydroxylation is 1. The molecule has 0 aliphatic carbocycles. The highest BCUT2D eigenvalue weighted by atomic mass is 31.0. The first-order chi connectivity index (χ1) is 18.5. The number of rotatable bonds is 9. The minimum Gasteiger partial charge on any atom is -0.481 e. The summed E-state index contributed by atoms with van der Waals surface area (Å²) in [5, 5.41) is 9.24. The lowest BCUT2D eigenvalue weighted by atomic mass is 10.0. The molecule has 1 fully saturated rings. The van der Waals surface area contributed by atoms with Crippen molar-refractivity contribution < 1.29 is 14.7 Å². The van der Waals surface area contributed by atoms with Crippen molar-refractivity contribution in [2.24, 2.45) is 0 Å². The highest BCUT2D eigenvalue weighted by molar-refractivity contribution is 7.33. The quantitative estimate of drug-likeness (QED) is 0.149. The molecule has 38 heavy (non-hydrogen) atoms. The molecule has 0 aromatic carbocycles. The molecule has 0 bridgehead atoms. The minimum absolute atomic E-state index is 0.0762. The molecule has 10 nitrogen and oxygen atoms in total. The molecular weight excluding hydrogens is 501 g/mol. The van der Waals surface area contributed by atoms with Crippen LogP contribution in [-0.4, -0.2) is 55.9 Å². The number of hydrogen-bond acceptors (Lipinski definition) is 9. The van der Waals surface area contributed by atoms with Gasteiger partial charge in [0.1, 0.15) is 23.9 Å². The van der Waals surface area contributed by atoms with E-state index in [-0.39, 0.29) is 25.6 Å². The van der Waals surface area contributed by atoms with Gasteiger partial charge in [0.05, 0.1) is 11.6 Å². The molecule has 0 spiro atoms. The number of anilines is 5. The normalized spacial score (nSPS) is 13.1. The lowest BCUT2D eigenvalue weighted by molar-refractivity contribution is -0.135. The number of Topliss-reactive ketones (excluding diaryl/α,β-unsaturated/α-hetero) is 1. The van der Waals surface area contributed by atoms with E-state index in [1.165, 1.54) is 4.90 Å². The Labute approximate surface area is 221 Å². The van der Waals surface area contributed by atoms with Gasteiger partial charge in [-0.1, -0.05) is 26.7 Å². The van der Waals surface area contributed by atoms with Gasteiger partial charge in [0.15, 0.2) is 17.2 Å². The molecule has 5 heterocycles. The highest BCUT2D eigenvalue weighted by Gasteiger charge is 2.36.